The molecule has 6 rings (SSSR count). The summed E-state index contributed by atoms with van der Waals surface area (Å²) >= 11 is 0. The molecule has 0 N–H and O–H groups in total. The number of imidazole rings is 1. The smallest absolute Gasteiger partial charge is 0.371 e. The molecule has 4 aromatic rings. The highest BCUT2D eigenvalue weighted by Gasteiger charge is 2.58. The highest BCUT2D eigenvalue weighted by Crippen LogP contribution is 2.58. The summed E-state index contributed by atoms with van der Waals surface area (Å²) in [5.41, 5.74) is 0.445. The molecule has 0 amide bonds. The van der Waals surface area contributed by atoms with Gasteiger partial charge in [0.05, 0.1) is 11.9 Å². The molecular formula is C21H18F3N7O2. The first-order valence-electron chi connectivity index (χ1n) is 10.4. The summed E-state index contributed by atoms with van der Waals surface area (Å²) in [4.78, 5) is 27.4. The van der Waals surface area contributed by atoms with Gasteiger partial charge in [-0.05, 0) is 30.0 Å². The van der Waals surface area contributed by atoms with E-state index in [9.17, 15) is 18.0 Å². The lowest BCUT2D eigenvalue weighted by Crippen LogP contribution is -2.24. The summed E-state index contributed by atoms with van der Waals surface area (Å²) in [5, 5.41) is 4.09. The van der Waals surface area contributed by atoms with Gasteiger partial charge in [0.2, 0.25) is 5.89 Å². The van der Waals surface area contributed by atoms with Crippen LogP contribution in [0.4, 0.5) is 18.9 Å². The summed E-state index contributed by atoms with van der Waals surface area (Å²) in [5.74, 6) is 1.51. The van der Waals surface area contributed by atoms with Crippen molar-refractivity contribution in [1.29, 1.82) is 0 Å². The van der Waals surface area contributed by atoms with Crippen molar-refractivity contribution in [2.75, 3.05) is 18.0 Å². The molecule has 170 valence electrons. The van der Waals surface area contributed by atoms with Crippen LogP contribution in [0.5, 0.6) is 0 Å². The van der Waals surface area contributed by atoms with Gasteiger partial charge >= 0.3 is 6.18 Å². The van der Waals surface area contributed by atoms with Gasteiger partial charge in [0, 0.05) is 31.7 Å². The van der Waals surface area contributed by atoms with E-state index in [-0.39, 0.29) is 29.9 Å². The van der Waals surface area contributed by atoms with Crippen molar-refractivity contribution < 1.29 is 17.7 Å². The van der Waals surface area contributed by atoms with Gasteiger partial charge in [-0.2, -0.15) is 18.2 Å². The zero-order valence-electron chi connectivity index (χ0n) is 17.4. The first-order valence-corrected chi connectivity index (χ1v) is 10.4. The van der Waals surface area contributed by atoms with Crippen molar-refractivity contribution in [2.24, 2.45) is 18.9 Å². The van der Waals surface area contributed by atoms with Crippen molar-refractivity contribution in [3.05, 3.63) is 64.6 Å². The molecule has 1 aliphatic heterocycles. The number of hydrogen-bond donors (Lipinski definition) is 0. The zero-order chi connectivity index (χ0) is 22.9. The van der Waals surface area contributed by atoms with Gasteiger partial charge < -0.3 is 14.0 Å². The maximum Gasteiger partial charge on any atom is 0.416 e. The largest absolute Gasteiger partial charge is 0.416 e. The summed E-state index contributed by atoms with van der Waals surface area (Å²) in [6.07, 6.45) is -1.43. The van der Waals surface area contributed by atoms with Crippen LogP contribution >= 0.6 is 0 Å². The van der Waals surface area contributed by atoms with Gasteiger partial charge in [0.1, 0.15) is 12.9 Å². The standard InChI is InChI=1S/C21H18F3N7O2/c1-29-9-25-19-17(29)20(32)31(10-26-19)8-15-27-18(28-33-15)16-13-6-30(7-14(13)16)12-4-2-3-11(5-12)21(22,23)24/h2-5,9-10,13-14,16H,6-8H2,1H3/t13-,14+,16?. The molecule has 1 saturated carbocycles. The molecule has 0 spiro atoms. The molecular weight excluding hydrogens is 439 g/mol. The summed E-state index contributed by atoms with van der Waals surface area (Å²) in [7, 11) is 1.72. The Hall–Kier alpha value is -3.70. The van der Waals surface area contributed by atoms with Crippen molar-refractivity contribution in [2.45, 2.75) is 18.6 Å². The Morgan fingerprint density at radius 3 is 2.67 bits per heavy atom. The molecule has 0 radical (unpaired) electrons. The van der Waals surface area contributed by atoms with Crippen LogP contribution in [0.2, 0.25) is 0 Å². The van der Waals surface area contributed by atoms with Crippen molar-refractivity contribution >= 4 is 16.9 Å². The van der Waals surface area contributed by atoms with E-state index in [4.69, 9.17) is 4.52 Å². The molecule has 2 fully saturated rings. The molecule has 3 atom stereocenters. The quantitative estimate of drug-likeness (QED) is 0.465. The highest BCUT2D eigenvalue weighted by molar-refractivity contribution is 5.68. The molecule has 9 nitrogen and oxygen atoms in total. The van der Waals surface area contributed by atoms with E-state index in [1.54, 1.807) is 17.7 Å². The predicted octanol–water partition coefficient (Wildman–Crippen LogP) is 2.43. The predicted molar refractivity (Wildman–Crippen MR) is 110 cm³/mol. The van der Waals surface area contributed by atoms with E-state index < -0.39 is 11.7 Å². The van der Waals surface area contributed by atoms with Gasteiger partial charge in [-0.1, -0.05) is 11.2 Å². The highest BCUT2D eigenvalue weighted by atomic mass is 19.4. The van der Waals surface area contributed by atoms with Gasteiger partial charge in [0.25, 0.3) is 5.56 Å². The topological polar surface area (TPSA) is 94.9 Å². The van der Waals surface area contributed by atoms with Crippen molar-refractivity contribution in [3.63, 3.8) is 0 Å². The number of benzene rings is 1. The minimum absolute atomic E-state index is 0.0956. The van der Waals surface area contributed by atoms with Crippen LogP contribution in [-0.2, 0) is 19.8 Å². The Labute approximate surface area is 184 Å². The van der Waals surface area contributed by atoms with Crippen LogP contribution in [0, 0.1) is 11.8 Å². The van der Waals surface area contributed by atoms with Crippen molar-refractivity contribution in [1.82, 2.24) is 29.2 Å². The van der Waals surface area contributed by atoms with Gasteiger partial charge in [-0.3, -0.25) is 9.36 Å². The summed E-state index contributed by atoms with van der Waals surface area (Å²) in [6.45, 7) is 1.38. The van der Waals surface area contributed by atoms with Crippen LogP contribution < -0.4 is 10.5 Å². The van der Waals surface area contributed by atoms with Crippen LogP contribution in [0.25, 0.3) is 11.2 Å². The van der Waals surface area contributed by atoms with E-state index in [1.807, 2.05) is 4.90 Å². The van der Waals surface area contributed by atoms with Crippen LogP contribution in [0.15, 0.2) is 46.2 Å². The fraction of sp³-hybridized carbons (Fsp3) is 0.381. The minimum atomic E-state index is -4.36. The second-order valence-corrected chi connectivity index (χ2v) is 8.56. The lowest BCUT2D eigenvalue weighted by Gasteiger charge is -2.22. The Kier molecular flexibility index (Phi) is 4.17. The Morgan fingerprint density at radius 2 is 1.91 bits per heavy atom. The Morgan fingerprint density at radius 1 is 1.15 bits per heavy atom. The molecule has 12 heteroatoms. The number of piperidine rings is 1. The Bertz CT molecular complexity index is 1410. The molecule has 1 unspecified atom stereocenters. The van der Waals surface area contributed by atoms with Gasteiger partial charge in [-0.25, -0.2) is 9.97 Å². The van der Waals surface area contributed by atoms with E-state index in [1.165, 1.54) is 29.4 Å². The third kappa shape index (κ3) is 3.28. The number of halogens is 3. The third-order valence-corrected chi connectivity index (χ3v) is 6.52. The molecule has 1 aromatic carbocycles. The van der Waals surface area contributed by atoms with Gasteiger partial charge in [0.15, 0.2) is 17.0 Å². The molecule has 4 heterocycles. The summed E-state index contributed by atoms with van der Waals surface area (Å²) in [6, 6.07) is 5.41. The maximum atomic E-state index is 13.0. The van der Waals surface area contributed by atoms with Crippen LogP contribution in [0.1, 0.15) is 23.2 Å². The second kappa shape index (κ2) is 6.90. The van der Waals surface area contributed by atoms with E-state index in [0.717, 1.165) is 6.07 Å². The van der Waals surface area contributed by atoms with Gasteiger partial charge in [-0.15, -0.1) is 0 Å². The average Bonchev–Trinajstić information content (AvgIpc) is 3.20. The van der Waals surface area contributed by atoms with Crippen LogP contribution in [0.3, 0.4) is 0 Å². The minimum Gasteiger partial charge on any atom is -0.371 e. The monoisotopic (exact) mass is 457 g/mol. The fourth-order valence-electron chi connectivity index (χ4n) is 4.80. The lowest BCUT2D eigenvalue weighted by molar-refractivity contribution is -0.137. The Balaban J connectivity index is 1.15. The number of fused-ring (bicyclic) bond motifs is 2. The average molecular weight is 457 g/mol. The molecule has 2 aliphatic rings. The van der Waals surface area contributed by atoms with E-state index in [0.29, 0.717) is 41.7 Å². The molecule has 1 saturated heterocycles. The van der Waals surface area contributed by atoms with E-state index in [2.05, 4.69) is 20.1 Å². The molecule has 1 aliphatic carbocycles. The number of anilines is 1. The second-order valence-electron chi connectivity index (χ2n) is 8.56. The van der Waals surface area contributed by atoms with Crippen LogP contribution in [-0.4, -0.2) is 42.3 Å². The van der Waals surface area contributed by atoms with E-state index >= 15 is 0 Å². The fourth-order valence-corrected chi connectivity index (χ4v) is 4.80. The number of rotatable bonds is 4. The number of aryl methyl sites for hydroxylation is 1. The summed E-state index contributed by atoms with van der Waals surface area (Å²) < 4.78 is 47.4. The first kappa shape index (κ1) is 19.9. The lowest BCUT2D eigenvalue weighted by atomic mass is 10.1. The number of aromatic nitrogens is 6. The SMILES string of the molecule is Cn1cnc2ncn(Cc3nc(C4[C@H]5CN(c6cccc(C(F)(F)F)c6)C[C@@H]45)no3)c(=O)c21. The normalized spacial score (nSPS) is 22.2. The van der Waals surface area contributed by atoms with Crippen molar-refractivity contribution in [3.8, 4) is 0 Å². The number of nitrogens with zero attached hydrogens (tertiary/aromatic N) is 7. The number of alkyl halides is 3. The first-order chi connectivity index (χ1) is 15.8. The molecule has 0 bridgehead atoms. The zero-order valence-corrected chi connectivity index (χ0v) is 17.4. The maximum absolute atomic E-state index is 13.0. The molecule has 3 aromatic heterocycles. The third-order valence-electron chi connectivity index (χ3n) is 6.52. The number of hydrogen-bond acceptors (Lipinski definition) is 7. The molecule has 33 heavy (non-hydrogen) atoms.